The maximum Gasteiger partial charge on any atom is 0.205 e. The quantitative estimate of drug-likeness (QED) is 0.246. The van der Waals surface area contributed by atoms with E-state index in [1.165, 1.54) is 0 Å². The number of tetrazole rings is 1. The van der Waals surface area contributed by atoms with Crippen molar-refractivity contribution in [2.24, 2.45) is 0 Å². The summed E-state index contributed by atoms with van der Waals surface area (Å²) in [6, 6.07) is 27.7. The van der Waals surface area contributed by atoms with Gasteiger partial charge in [-0.1, -0.05) is 85.8 Å². The second-order valence-corrected chi connectivity index (χ2v) is 8.50. The van der Waals surface area contributed by atoms with Gasteiger partial charge in [0.05, 0.1) is 11.3 Å². The minimum absolute atomic E-state index is 0. The lowest BCUT2D eigenvalue weighted by atomic mass is 9.98. The monoisotopic (exact) mass is 510 g/mol. The Morgan fingerprint density at radius 2 is 1.62 bits per heavy atom. The third kappa shape index (κ3) is 5.57. The second-order valence-electron chi connectivity index (χ2n) is 8.50. The standard InChI is InChI=1S/C29H26N6O.ClH/c1-3-23-17-26(27(19(2)31-23)28(36)22-9-5-4-6-10-22)30-18-20-13-15-21(16-14-20)24-11-7-8-12-25(24)29-32-34-35-33-29;/h4-17H,3,18H2,1-2H3,(H,30,31)(H,32,33,34,35);1H. The summed E-state index contributed by atoms with van der Waals surface area (Å²) in [7, 11) is 0. The van der Waals surface area contributed by atoms with Crippen molar-refractivity contribution in [3.63, 3.8) is 0 Å². The zero-order valence-corrected chi connectivity index (χ0v) is 21.4. The fourth-order valence-electron chi connectivity index (χ4n) is 4.28. The highest BCUT2D eigenvalue weighted by molar-refractivity contribution is 6.13. The average molecular weight is 511 g/mol. The molecule has 2 heterocycles. The smallest absolute Gasteiger partial charge is 0.205 e. The molecule has 3 aromatic carbocycles. The average Bonchev–Trinajstić information content (AvgIpc) is 3.47. The highest BCUT2D eigenvalue weighted by atomic mass is 35.5. The lowest BCUT2D eigenvalue weighted by molar-refractivity contribution is 0.103. The highest BCUT2D eigenvalue weighted by Gasteiger charge is 2.18. The summed E-state index contributed by atoms with van der Waals surface area (Å²) < 4.78 is 0. The summed E-state index contributed by atoms with van der Waals surface area (Å²) in [5.74, 6) is 0.533. The lowest BCUT2D eigenvalue weighted by Gasteiger charge is -2.16. The maximum atomic E-state index is 13.3. The number of nitrogens with zero attached hydrogens (tertiary/aromatic N) is 4. The minimum Gasteiger partial charge on any atom is -0.380 e. The third-order valence-electron chi connectivity index (χ3n) is 6.14. The normalized spacial score (nSPS) is 10.5. The van der Waals surface area contributed by atoms with Crippen LogP contribution in [0.3, 0.4) is 0 Å². The van der Waals surface area contributed by atoms with Gasteiger partial charge in [-0.25, -0.2) is 0 Å². The number of hydrogen-bond donors (Lipinski definition) is 2. The second kappa shape index (κ2) is 11.6. The number of pyridine rings is 1. The number of rotatable bonds is 8. The number of aryl methyl sites for hydroxylation is 2. The molecule has 0 atom stereocenters. The van der Waals surface area contributed by atoms with Gasteiger partial charge in [0.25, 0.3) is 0 Å². The van der Waals surface area contributed by atoms with Gasteiger partial charge in [0.1, 0.15) is 0 Å². The van der Waals surface area contributed by atoms with Crippen LogP contribution in [0.5, 0.6) is 0 Å². The Labute approximate surface area is 221 Å². The van der Waals surface area contributed by atoms with Crippen molar-refractivity contribution in [1.29, 1.82) is 0 Å². The van der Waals surface area contributed by atoms with Crippen molar-refractivity contribution in [1.82, 2.24) is 25.6 Å². The molecule has 0 aliphatic carbocycles. The van der Waals surface area contributed by atoms with Gasteiger partial charge >= 0.3 is 0 Å². The number of hydrogen-bond acceptors (Lipinski definition) is 6. The van der Waals surface area contributed by atoms with Crippen LogP contribution in [-0.4, -0.2) is 31.4 Å². The third-order valence-corrected chi connectivity index (χ3v) is 6.14. The topological polar surface area (TPSA) is 96.5 Å². The summed E-state index contributed by atoms with van der Waals surface area (Å²) in [6.07, 6.45) is 0.795. The van der Waals surface area contributed by atoms with Gasteiger partial charge < -0.3 is 5.32 Å². The van der Waals surface area contributed by atoms with Crippen molar-refractivity contribution in [3.8, 4) is 22.5 Å². The molecular weight excluding hydrogens is 484 g/mol. The van der Waals surface area contributed by atoms with Crippen LogP contribution >= 0.6 is 12.4 Å². The zero-order valence-electron chi connectivity index (χ0n) is 20.6. The Hall–Kier alpha value is -4.36. The van der Waals surface area contributed by atoms with Gasteiger partial charge in [-0.15, -0.1) is 22.6 Å². The first-order valence-corrected chi connectivity index (χ1v) is 11.9. The van der Waals surface area contributed by atoms with Crippen LogP contribution in [0.15, 0.2) is 84.9 Å². The van der Waals surface area contributed by atoms with E-state index in [-0.39, 0.29) is 18.2 Å². The van der Waals surface area contributed by atoms with Crippen LogP contribution in [0, 0.1) is 6.92 Å². The molecule has 37 heavy (non-hydrogen) atoms. The van der Waals surface area contributed by atoms with E-state index in [9.17, 15) is 4.79 Å². The maximum absolute atomic E-state index is 13.3. The molecule has 0 saturated carbocycles. The molecule has 186 valence electrons. The van der Waals surface area contributed by atoms with Crippen molar-refractivity contribution >= 4 is 23.9 Å². The van der Waals surface area contributed by atoms with Gasteiger partial charge in [-0.2, -0.15) is 5.21 Å². The Morgan fingerprint density at radius 1 is 0.919 bits per heavy atom. The summed E-state index contributed by atoms with van der Waals surface area (Å²) in [4.78, 5) is 18.0. The molecule has 5 aromatic rings. The van der Waals surface area contributed by atoms with Gasteiger partial charge in [-0.05, 0) is 41.3 Å². The fraction of sp³-hybridized carbons (Fsp3) is 0.138. The van der Waals surface area contributed by atoms with E-state index < -0.39 is 0 Å². The number of halogens is 1. The number of ketones is 1. The number of nitrogens with one attached hydrogen (secondary N) is 2. The Bertz CT molecular complexity index is 1490. The number of H-pyrrole nitrogens is 1. The van der Waals surface area contributed by atoms with Crippen molar-refractivity contribution in [2.45, 2.75) is 26.8 Å². The van der Waals surface area contributed by atoms with Gasteiger partial charge in [0.2, 0.25) is 5.82 Å². The minimum atomic E-state index is -0.0285. The summed E-state index contributed by atoms with van der Waals surface area (Å²) in [5.41, 5.74) is 7.87. The van der Waals surface area contributed by atoms with E-state index >= 15 is 0 Å². The van der Waals surface area contributed by atoms with Crippen molar-refractivity contribution in [2.75, 3.05) is 5.32 Å². The molecule has 8 heteroatoms. The van der Waals surface area contributed by atoms with E-state index in [4.69, 9.17) is 0 Å². The van der Waals surface area contributed by atoms with Gasteiger partial charge in [0.15, 0.2) is 5.78 Å². The van der Waals surface area contributed by atoms with Crippen LogP contribution in [0.2, 0.25) is 0 Å². The molecule has 0 aliphatic rings. The molecule has 5 rings (SSSR count). The van der Waals surface area contributed by atoms with Gasteiger partial charge in [-0.3, -0.25) is 9.78 Å². The first-order chi connectivity index (χ1) is 17.6. The van der Waals surface area contributed by atoms with Gasteiger partial charge in [0, 0.05) is 29.1 Å². The summed E-state index contributed by atoms with van der Waals surface area (Å²) in [6.45, 7) is 4.54. The van der Waals surface area contributed by atoms with E-state index in [2.05, 4.69) is 62.1 Å². The molecule has 0 bridgehead atoms. The predicted molar refractivity (Wildman–Crippen MR) is 148 cm³/mol. The lowest BCUT2D eigenvalue weighted by Crippen LogP contribution is -2.12. The number of aromatic amines is 1. The number of benzene rings is 3. The first kappa shape index (κ1) is 25.7. The molecule has 2 aromatic heterocycles. The first-order valence-electron chi connectivity index (χ1n) is 11.9. The van der Waals surface area contributed by atoms with E-state index in [1.54, 1.807) is 0 Å². The van der Waals surface area contributed by atoms with Crippen LogP contribution in [0.4, 0.5) is 5.69 Å². The summed E-state index contributed by atoms with van der Waals surface area (Å²) in [5, 5.41) is 18.0. The van der Waals surface area contributed by atoms with Crippen LogP contribution in [0.25, 0.3) is 22.5 Å². The molecule has 0 fully saturated rings. The number of aromatic nitrogens is 5. The SMILES string of the molecule is CCc1cc(NCc2ccc(-c3ccccc3-c3nn[nH]n3)cc2)c(C(=O)c2ccccc2)c(C)n1.Cl. The number of anilines is 1. The molecule has 0 unspecified atom stereocenters. The van der Waals surface area contributed by atoms with Crippen LogP contribution < -0.4 is 5.32 Å². The Morgan fingerprint density at radius 3 is 2.30 bits per heavy atom. The Balaban J connectivity index is 0.00000320. The molecule has 2 N–H and O–H groups in total. The van der Waals surface area contributed by atoms with E-state index in [0.29, 0.717) is 23.5 Å². The molecular formula is C29H27ClN6O. The van der Waals surface area contributed by atoms with Crippen LogP contribution in [0.1, 0.15) is 39.8 Å². The Kier molecular flexibility index (Phi) is 8.05. The summed E-state index contributed by atoms with van der Waals surface area (Å²) >= 11 is 0. The van der Waals surface area contributed by atoms with Crippen molar-refractivity contribution in [3.05, 3.63) is 113 Å². The molecule has 0 radical (unpaired) electrons. The molecule has 0 aliphatic heterocycles. The number of carbonyl (C=O) groups excluding carboxylic acids is 1. The highest BCUT2D eigenvalue weighted by Crippen LogP contribution is 2.30. The predicted octanol–water partition coefficient (Wildman–Crippen LogP) is 6.06. The van der Waals surface area contributed by atoms with Crippen molar-refractivity contribution < 1.29 is 4.79 Å². The fourth-order valence-corrected chi connectivity index (χ4v) is 4.28. The molecule has 0 amide bonds. The molecule has 7 nitrogen and oxygen atoms in total. The largest absolute Gasteiger partial charge is 0.380 e. The zero-order chi connectivity index (χ0) is 24.9. The molecule has 0 saturated heterocycles. The van der Waals surface area contributed by atoms with E-state index in [1.807, 2.05) is 67.6 Å². The van der Waals surface area contributed by atoms with Crippen LogP contribution in [-0.2, 0) is 13.0 Å². The number of carbonyl (C=O) groups is 1. The van der Waals surface area contributed by atoms with E-state index in [0.717, 1.165) is 45.7 Å². The molecule has 0 spiro atoms.